The maximum atomic E-state index is 13.8. The summed E-state index contributed by atoms with van der Waals surface area (Å²) in [5, 5.41) is 2.25. The Bertz CT molecular complexity index is 1310. The summed E-state index contributed by atoms with van der Waals surface area (Å²) in [6, 6.07) is 25.7. The molecule has 1 unspecified atom stereocenters. The summed E-state index contributed by atoms with van der Waals surface area (Å²) in [7, 11) is 0. The predicted octanol–water partition coefficient (Wildman–Crippen LogP) is 4.79. The van der Waals surface area contributed by atoms with Gasteiger partial charge in [-0.2, -0.15) is 0 Å². The van der Waals surface area contributed by atoms with Crippen LogP contribution in [0.1, 0.15) is 18.4 Å². The van der Waals surface area contributed by atoms with Crippen LogP contribution < -0.4 is 10.4 Å². The van der Waals surface area contributed by atoms with Crippen molar-refractivity contribution in [3.63, 3.8) is 0 Å². The lowest BCUT2D eigenvalue weighted by molar-refractivity contribution is -0.122. The van der Waals surface area contributed by atoms with E-state index >= 15 is 0 Å². The average Bonchev–Trinajstić information content (AvgIpc) is 3.41. The van der Waals surface area contributed by atoms with Crippen molar-refractivity contribution in [2.75, 3.05) is 17.0 Å². The normalized spacial score (nSPS) is 15.1. The van der Waals surface area contributed by atoms with Crippen LogP contribution in [0.3, 0.4) is 0 Å². The summed E-state index contributed by atoms with van der Waals surface area (Å²) in [6.45, 7) is 0.619. The lowest BCUT2D eigenvalue weighted by Crippen LogP contribution is -2.50. The highest BCUT2D eigenvalue weighted by atomic mass is 16.6. The smallest absolute Gasteiger partial charge is 0.410 e. The summed E-state index contributed by atoms with van der Waals surface area (Å²) >= 11 is 0. The molecule has 1 saturated heterocycles. The van der Waals surface area contributed by atoms with Crippen LogP contribution in [-0.4, -0.2) is 39.5 Å². The molecule has 0 aliphatic carbocycles. The van der Waals surface area contributed by atoms with Gasteiger partial charge in [0.1, 0.15) is 19.0 Å². The third-order valence-corrected chi connectivity index (χ3v) is 5.97. The van der Waals surface area contributed by atoms with Gasteiger partial charge in [-0.3, -0.25) is 15.1 Å². The van der Waals surface area contributed by atoms with Crippen molar-refractivity contribution in [1.82, 2.24) is 14.9 Å². The molecule has 1 atom stereocenters. The number of para-hydroxylation sites is 2. The minimum atomic E-state index is -0.654. The second-order valence-electron chi connectivity index (χ2n) is 8.25. The second kappa shape index (κ2) is 10.2. The summed E-state index contributed by atoms with van der Waals surface area (Å²) in [6.07, 6.45) is 2.23. The fourth-order valence-electron chi connectivity index (χ4n) is 4.22. The number of benzene rings is 3. The Labute approximate surface area is 203 Å². The quantitative estimate of drug-likeness (QED) is 0.410. The van der Waals surface area contributed by atoms with Gasteiger partial charge in [0.15, 0.2) is 5.82 Å². The molecule has 3 aromatic carbocycles. The van der Waals surface area contributed by atoms with E-state index in [2.05, 4.69) is 15.4 Å². The van der Waals surface area contributed by atoms with E-state index in [0.29, 0.717) is 24.5 Å². The molecular weight excluding hydrogens is 442 g/mol. The zero-order chi connectivity index (χ0) is 24.0. The van der Waals surface area contributed by atoms with Crippen molar-refractivity contribution in [3.05, 3.63) is 96.8 Å². The monoisotopic (exact) mass is 467 g/mol. The third kappa shape index (κ3) is 4.91. The Morgan fingerprint density at radius 3 is 2.46 bits per heavy atom. The molecule has 8 heteroatoms. The molecule has 1 fully saturated rings. The van der Waals surface area contributed by atoms with Crippen molar-refractivity contribution >= 4 is 34.4 Å². The number of fused-ring (bicyclic) bond motifs is 1. The number of carbonyl (C=O) groups is 2. The number of rotatable bonds is 6. The van der Waals surface area contributed by atoms with Gasteiger partial charge >= 0.3 is 6.09 Å². The molecule has 0 radical (unpaired) electrons. The maximum absolute atomic E-state index is 13.8. The van der Waals surface area contributed by atoms with E-state index in [4.69, 9.17) is 4.74 Å². The van der Waals surface area contributed by atoms with E-state index in [-0.39, 0.29) is 12.5 Å². The molecule has 1 aromatic heterocycles. The van der Waals surface area contributed by atoms with Crippen LogP contribution in [0.2, 0.25) is 0 Å². The van der Waals surface area contributed by atoms with Crippen LogP contribution in [0.4, 0.5) is 16.3 Å². The highest BCUT2D eigenvalue weighted by Gasteiger charge is 2.38. The lowest BCUT2D eigenvalue weighted by Gasteiger charge is -2.30. The molecule has 5 rings (SSSR count). The molecule has 0 bridgehead atoms. The third-order valence-electron chi connectivity index (χ3n) is 5.97. The first kappa shape index (κ1) is 22.3. The van der Waals surface area contributed by atoms with Gasteiger partial charge in [-0.15, -0.1) is 0 Å². The van der Waals surface area contributed by atoms with Crippen LogP contribution in [0.15, 0.2) is 91.3 Å². The average molecular weight is 468 g/mol. The molecule has 1 N–H and O–H groups in total. The minimum absolute atomic E-state index is 0.157. The molecular formula is C27H25N5O3. The summed E-state index contributed by atoms with van der Waals surface area (Å²) in [5.41, 5.74) is 5.49. The molecule has 35 heavy (non-hydrogen) atoms. The van der Waals surface area contributed by atoms with Gasteiger partial charge in [0.05, 0.1) is 11.2 Å². The Morgan fingerprint density at radius 2 is 1.66 bits per heavy atom. The van der Waals surface area contributed by atoms with Gasteiger partial charge < -0.3 is 4.74 Å². The van der Waals surface area contributed by atoms with Crippen molar-refractivity contribution in [1.29, 1.82) is 0 Å². The SMILES string of the molecule is O=C(C1CCCN1C(=O)OCc1ccccc1)N(Nc1ncnc2ccccc12)c1ccccc1. The van der Waals surface area contributed by atoms with Gasteiger partial charge in [0, 0.05) is 11.9 Å². The van der Waals surface area contributed by atoms with Gasteiger partial charge in [0.2, 0.25) is 0 Å². The van der Waals surface area contributed by atoms with E-state index in [1.807, 2.05) is 84.9 Å². The molecule has 8 nitrogen and oxygen atoms in total. The fourth-order valence-corrected chi connectivity index (χ4v) is 4.22. The number of nitrogens with one attached hydrogen (secondary N) is 1. The van der Waals surface area contributed by atoms with E-state index in [9.17, 15) is 9.59 Å². The van der Waals surface area contributed by atoms with E-state index < -0.39 is 12.1 Å². The maximum Gasteiger partial charge on any atom is 0.410 e. The highest BCUT2D eigenvalue weighted by molar-refractivity contribution is 6.02. The van der Waals surface area contributed by atoms with Gasteiger partial charge in [0.25, 0.3) is 5.91 Å². The summed E-state index contributed by atoms with van der Waals surface area (Å²) in [4.78, 5) is 37.0. The summed E-state index contributed by atoms with van der Waals surface area (Å²) < 4.78 is 5.53. The number of hydrogen-bond donors (Lipinski definition) is 1. The molecule has 0 saturated carbocycles. The lowest BCUT2D eigenvalue weighted by atomic mass is 10.2. The van der Waals surface area contributed by atoms with Gasteiger partial charge in [-0.25, -0.2) is 19.8 Å². The molecule has 2 amide bonds. The first-order valence-corrected chi connectivity index (χ1v) is 11.5. The topological polar surface area (TPSA) is 87.7 Å². The standard InChI is InChI=1S/C27H25N5O3/c33-26(24-16-9-17-31(24)27(34)35-18-20-10-3-1-4-11-20)32(21-12-5-2-6-13-21)30-25-22-14-7-8-15-23(22)28-19-29-25/h1-8,10-15,19,24H,9,16-18H2,(H,28,29,30). The van der Waals surface area contributed by atoms with Crippen molar-refractivity contribution < 1.29 is 14.3 Å². The van der Waals surface area contributed by atoms with E-state index in [1.54, 1.807) is 0 Å². The molecule has 2 heterocycles. The minimum Gasteiger partial charge on any atom is -0.445 e. The number of aromatic nitrogens is 2. The van der Waals surface area contributed by atoms with Crippen molar-refractivity contribution in [2.45, 2.75) is 25.5 Å². The Hall–Kier alpha value is -4.46. The number of nitrogens with zero attached hydrogens (tertiary/aromatic N) is 4. The van der Waals surface area contributed by atoms with Crippen LogP contribution >= 0.6 is 0 Å². The molecule has 1 aliphatic rings. The van der Waals surface area contributed by atoms with Crippen LogP contribution in [0.5, 0.6) is 0 Å². The van der Waals surface area contributed by atoms with Crippen LogP contribution in [-0.2, 0) is 16.1 Å². The Kier molecular flexibility index (Phi) is 6.52. The first-order chi connectivity index (χ1) is 17.2. The summed E-state index contributed by atoms with van der Waals surface area (Å²) in [5.74, 6) is 0.247. The zero-order valence-corrected chi connectivity index (χ0v) is 19.1. The van der Waals surface area contributed by atoms with Crippen LogP contribution in [0, 0.1) is 0 Å². The predicted molar refractivity (Wildman–Crippen MR) is 133 cm³/mol. The number of anilines is 2. The molecule has 0 spiro atoms. The number of hydrogen-bond acceptors (Lipinski definition) is 6. The Morgan fingerprint density at radius 1 is 0.943 bits per heavy atom. The van der Waals surface area contributed by atoms with Crippen molar-refractivity contribution in [3.8, 4) is 0 Å². The number of amides is 2. The first-order valence-electron chi connectivity index (χ1n) is 11.5. The zero-order valence-electron chi connectivity index (χ0n) is 19.1. The molecule has 1 aliphatic heterocycles. The van der Waals surface area contributed by atoms with E-state index in [0.717, 1.165) is 22.9 Å². The Balaban J connectivity index is 1.39. The number of hydrazine groups is 1. The van der Waals surface area contributed by atoms with Gasteiger partial charge in [-0.05, 0) is 42.7 Å². The van der Waals surface area contributed by atoms with E-state index in [1.165, 1.54) is 16.2 Å². The largest absolute Gasteiger partial charge is 0.445 e. The highest BCUT2D eigenvalue weighted by Crippen LogP contribution is 2.26. The van der Waals surface area contributed by atoms with Gasteiger partial charge in [-0.1, -0.05) is 60.7 Å². The number of ether oxygens (including phenoxy) is 1. The number of likely N-dealkylation sites (tertiary alicyclic amines) is 1. The molecule has 176 valence electrons. The second-order valence-corrected chi connectivity index (χ2v) is 8.25. The van der Waals surface area contributed by atoms with Crippen molar-refractivity contribution in [2.24, 2.45) is 0 Å². The molecule has 4 aromatic rings. The number of carbonyl (C=O) groups excluding carboxylic acids is 2. The van der Waals surface area contributed by atoms with Crippen LogP contribution in [0.25, 0.3) is 10.9 Å². The fraction of sp³-hybridized carbons (Fsp3) is 0.185.